The van der Waals surface area contributed by atoms with Crippen LogP contribution in [0.3, 0.4) is 0 Å². The van der Waals surface area contributed by atoms with Gasteiger partial charge in [-0.2, -0.15) is 5.01 Å². The Balaban J connectivity index is 1.31. The molecule has 296 valence electrons. The highest BCUT2D eigenvalue weighted by Gasteiger charge is 2.70. The molecule has 2 saturated heterocycles. The lowest BCUT2D eigenvalue weighted by Gasteiger charge is -2.50. The van der Waals surface area contributed by atoms with Gasteiger partial charge in [0.25, 0.3) is 11.8 Å². The van der Waals surface area contributed by atoms with Crippen molar-refractivity contribution in [1.29, 1.82) is 0 Å². The molecule has 4 amide bonds. The molecule has 2 aliphatic carbocycles. The number of aromatic hydroxyl groups is 1. The van der Waals surface area contributed by atoms with E-state index in [0.29, 0.717) is 22.4 Å². The predicted octanol–water partition coefficient (Wildman–Crippen LogP) is 5.78. The highest BCUT2D eigenvalue weighted by Crippen LogP contribution is 2.64. The molecule has 2 N–H and O–H groups in total. The summed E-state index contributed by atoms with van der Waals surface area (Å²) in [4.78, 5) is 84.3. The predicted molar refractivity (Wildman–Crippen MR) is 210 cm³/mol. The summed E-state index contributed by atoms with van der Waals surface area (Å²) in [7, 11) is 4.21. The molecule has 0 bridgehead atoms. The summed E-state index contributed by atoms with van der Waals surface area (Å²) in [5, 5.41) is 36.2. The number of ether oxygens (including phenoxy) is 1. The normalized spacial score (nSPS) is 24.8. The lowest BCUT2D eigenvalue weighted by Crippen LogP contribution is -2.53. The first-order valence-corrected chi connectivity index (χ1v) is 18.6. The van der Waals surface area contributed by atoms with Gasteiger partial charge in [0.15, 0.2) is 17.2 Å². The number of nitrogens with zero attached hydrogens (tertiary/aromatic N) is 5. The van der Waals surface area contributed by atoms with Crippen molar-refractivity contribution in [1.82, 2.24) is 5.01 Å². The van der Waals surface area contributed by atoms with Crippen LogP contribution in [0.2, 0.25) is 0 Å². The van der Waals surface area contributed by atoms with E-state index in [-0.39, 0.29) is 35.7 Å². The number of methoxy groups -OCH3 is 1. The average Bonchev–Trinajstić information content (AvgIpc) is 3.59. The standard InChI is InChI=1S/C42H38N6O10/c1-22-10-13-25(14-11-22)43-46-39(51)30-21-29-27(36(23-12-17-33(49)34(18-23)58-4)42(30,41(46)53)24-8-6-5-7-9-24)15-16-28-35(29)40(52)45(38(28)50)26-19-31(47(54)55)37(44(2)3)32(20-26)48(56)57/h5-15,17-20,28-30,35-36,43,49H,16,21H2,1-4H3/t28-,29+,30-,35-,36-,42+/m0/s1. The van der Waals surface area contributed by atoms with Crippen LogP contribution in [0.25, 0.3) is 0 Å². The number of aryl methyl sites for hydroxylation is 1. The number of imide groups is 2. The number of carbonyl (C=O) groups excluding carboxylic acids is 4. The smallest absolute Gasteiger partial charge is 0.301 e. The number of nitro groups is 2. The summed E-state index contributed by atoms with van der Waals surface area (Å²) >= 11 is 0. The number of hydrogen-bond acceptors (Lipinski definition) is 12. The maximum Gasteiger partial charge on any atom is 0.301 e. The van der Waals surface area contributed by atoms with Crippen LogP contribution in [0.15, 0.2) is 96.6 Å². The van der Waals surface area contributed by atoms with Crippen molar-refractivity contribution < 1.29 is 38.9 Å². The summed E-state index contributed by atoms with van der Waals surface area (Å²) in [6.45, 7) is 1.91. The zero-order valence-corrected chi connectivity index (χ0v) is 31.8. The molecule has 4 aromatic carbocycles. The van der Waals surface area contributed by atoms with Crippen molar-refractivity contribution >= 4 is 52.1 Å². The second kappa shape index (κ2) is 13.8. The molecule has 4 aromatic rings. The SMILES string of the molecule is COc1cc([C@H]2C3=CC[C@@H]4C(=O)N(c5cc([N+](=O)[O-])c(N(C)C)c([N+](=O)[O-])c5)C(=O)[C@@H]4[C@@H]3C[C@H]3C(=O)N(Nc4ccc(C)cc4)C(=O)[C@@]23c2ccccc2)ccc1O. The third-order valence-corrected chi connectivity index (χ3v) is 12.1. The van der Waals surface area contributed by atoms with E-state index in [4.69, 9.17) is 4.74 Å². The quantitative estimate of drug-likeness (QED) is 0.0897. The number of fused-ring (bicyclic) bond motifs is 4. The molecule has 2 heterocycles. The Kier molecular flexibility index (Phi) is 9.01. The average molecular weight is 787 g/mol. The Bertz CT molecular complexity index is 2430. The fourth-order valence-corrected chi connectivity index (χ4v) is 9.71. The van der Waals surface area contributed by atoms with Crippen LogP contribution < -0.4 is 20.0 Å². The first-order chi connectivity index (χ1) is 27.7. The first kappa shape index (κ1) is 37.8. The van der Waals surface area contributed by atoms with Crippen LogP contribution in [0.5, 0.6) is 11.5 Å². The Labute approximate surface area is 331 Å². The zero-order chi connectivity index (χ0) is 41.4. The number of benzene rings is 4. The maximum absolute atomic E-state index is 15.3. The fourth-order valence-electron chi connectivity index (χ4n) is 9.71. The molecule has 0 radical (unpaired) electrons. The Morgan fingerprint density at radius 2 is 1.52 bits per heavy atom. The third-order valence-electron chi connectivity index (χ3n) is 12.1. The molecule has 2 aliphatic heterocycles. The molecule has 16 nitrogen and oxygen atoms in total. The molecule has 16 heteroatoms. The Morgan fingerprint density at radius 1 is 0.862 bits per heavy atom. The number of allylic oxidation sites excluding steroid dienone is 2. The number of phenols is 1. The van der Waals surface area contributed by atoms with E-state index >= 15 is 4.79 Å². The van der Waals surface area contributed by atoms with Crippen LogP contribution in [-0.2, 0) is 24.6 Å². The van der Waals surface area contributed by atoms with Crippen LogP contribution in [0, 0.1) is 50.8 Å². The molecule has 0 spiro atoms. The van der Waals surface area contributed by atoms with Crippen LogP contribution in [-0.4, -0.2) is 64.8 Å². The van der Waals surface area contributed by atoms with E-state index in [9.17, 15) is 39.7 Å². The summed E-state index contributed by atoms with van der Waals surface area (Å²) < 4.78 is 5.51. The van der Waals surface area contributed by atoms with Gasteiger partial charge in [0, 0.05) is 32.1 Å². The molecule has 1 saturated carbocycles. The first-order valence-electron chi connectivity index (χ1n) is 18.6. The van der Waals surface area contributed by atoms with Crippen molar-refractivity contribution in [2.75, 3.05) is 36.4 Å². The maximum atomic E-state index is 15.3. The van der Waals surface area contributed by atoms with Crippen molar-refractivity contribution in [2.24, 2.45) is 23.7 Å². The molecule has 58 heavy (non-hydrogen) atoms. The minimum absolute atomic E-state index is 0.0308. The molecule has 4 aliphatic rings. The number of anilines is 3. The highest BCUT2D eigenvalue weighted by molar-refractivity contribution is 6.23. The van der Waals surface area contributed by atoms with Crippen molar-refractivity contribution in [3.63, 3.8) is 0 Å². The van der Waals surface area contributed by atoms with Gasteiger partial charge in [-0.25, -0.2) is 4.90 Å². The number of carbonyl (C=O) groups is 4. The number of nitrogens with one attached hydrogen (secondary N) is 1. The second-order valence-electron chi connectivity index (χ2n) is 15.3. The van der Waals surface area contributed by atoms with Gasteiger partial charge in [0.05, 0.1) is 51.5 Å². The van der Waals surface area contributed by atoms with Gasteiger partial charge in [-0.3, -0.25) is 44.8 Å². The van der Waals surface area contributed by atoms with Crippen molar-refractivity contribution in [3.05, 3.63) is 133 Å². The molecular weight excluding hydrogens is 748 g/mol. The second-order valence-corrected chi connectivity index (χ2v) is 15.3. The molecule has 6 atom stereocenters. The minimum Gasteiger partial charge on any atom is -0.504 e. The Hall–Kier alpha value is -7.10. The number of hydrogen-bond donors (Lipinski definition) is 2. The Morgan fingerprint density at radius 3 is 2.12 bits per heavy atom. The van der Waals surface area contributed by atoms with E-state index in [2.05, 4.69) is 5.43 Å². The number of phenolic OH excluding ortho intramolecular Hbond substituents is 1. The molecule has 0 aromatic heterocycles. The van der Waals surface area contributed by atoms with Crippen molar-refractivity contribution in [2.45, 2.75) is 31.1 Å². The third kappa shape index (κ3) is 5.49. The number of amides is 4. The summed E-state index contributed by atoms with van der Waals surface area (Å²) in [6.07, 6.45) is 1.84. The lowest BCUT2D eigenvalue weighted by atomic mass is 9.49. The van der Waals surface area contributed by atoms with Gasteiger partial charge in [-0.1, -0.05) is 65.7 Å². The number of rotatable bonds is 9. The van der Waals surface area contributed by atoms with E-state index in [1.807, 2.05) is 25.1 Å². The minimum atomic E-state index is -1.58. The molecule has 0 unspecified atom stereocenters. The van der Waals surface area contributed by atoms with Gasteiger partial charge in [0.1, 0.15) is 0 Å². The van der Waals surface area contributed by atoms with Crippen molar-refractivity contribution in [3.8, 4) is 11.5 Å². The van der Waals surface area contributed by atoms with E-state index in [0.717, 1.165) is 27.6 Å². The summed E-state index contributed by atoms with van der Waals surface area (Å²) in [6, 6.07) is 22.8. The number of hydrazine groups is 1. The van der Waals surface area contributed by atoms with Crippen LogP contribution in [0.4, 0.5) is 28.4 Å². The van der Waals surface area contributed by atoms with Crippen LogP contribution in [0.1, 0.15) is 35.4 Å². The topological polar surface area (TPSA) is 206 Å². The molecule has 3 fully saturated rings. The van der Waals surface area contributed by atoms with Gasteiger partial charge >= 0.3 is 11.4 Å². The number of nitro benzene ring substituents is 2. The molecule has 8 rings (SSSR count). The molecular formula is C42H38N6O10. The van der Waals surface area contributed by atoms with Crippen LogP contribution >= 0.6 is 0 Å². The van der Waals surface area contributed by atoms with Gasteiger partial charge in [-0.15, -0.1) is 0 Å². The fraction of sp³-hybridized carbons (Fsp3) is 0.286. The summed E-state index contributed by atoms with van der Waals surface area (Å²) in [5.41, 5.74) is 2.65. The van der Waals surface area contributed by atoms with Gasteiger partial charge in [0.2, 0.25) is 11.8 Å². The summed E-state index contributed by atoms with van der Waals surface area (Å²) in [5.74, 6) is -7.41. The lowest BCUT2D eigenvalue weighted by molar-refractivity contribution is -0.392. The zero-order valence-electron chi connectivity index (χ0n) is 31.8. The monoisotopic (exact) mass is 786 g/mol. The van der Waals surface area contributed by atoms with Gasteiger partial charge in [-0.05, 0) is 61.1 Å². The largest absolute Gasteiger partial charge is 0.504 e. The van der Waals surface area contributed by atoms with E-state index < -0.39 is 79.9 Å². The highest BCUT2D eigenvalue weighted by atomic mass is 16.6. The van der Waals surface area contributed by atoms with Gasteiger partial charge < -0.3 is 14.7 Å². The van der Waals surface area contributed by atoms with E-state index in [1.54, 1.807) is 54.6 Å². The van der Waals surface area contributed by atoms with E-state index in [1.165, 1.54) is 32.2 Å².